The third-order valence-corrected chi connectivity index (χ3v) is 3.21. The number of benzene rings is 2. The second kappa shape index (κ2) is 5.65. The van der Waals surface area contributed by atoms with Crippen molar-refractivity contribution in [1.29, 1.82) is 0 Å². The first-order valence-electron chi connectivity index (χ1n) is 5.49. The van der Waals surface area contributed by atoms with E-state index in [2.05, 4.69) is 15.9 Å². The average Bonchev–Trinajstić information content (AvgIpc) is 2.35. The van der Waals surface area contributed by atoms with Gasteiger partial charge in [-0.05, 0) is 48.4 Å². The van der Waals surface area contributed by atoms with Crippen molar-refractivity contribution < 1.29 is 17.9 Å². The zero-order valence-corrected chi connectivity index (χ0v) is 11.6. The first kappa shape index (κ1) is 13.9. The lowest BCUT2D eigenvalue weighted by Gasteiger charge is -2.11. The summed E-state index contributed by atoms with van der Waals surface area (Å²) in [5.41, 5.74) is 0.932. The third-order valence-electron chi connectivity index (χ3n) is 2.56. The van der Waals surface area contributed by atoms with E-state index >= 15 is 0 Å². The average molecular weight is 331 g/mol. The molecule has 0 saturated heterocycles. The number of ether oxygens (including phenoxy) is 1. The Morgan fingerprint density at radius 3 is 2.21 bits per heavy atom. The Kier molecular flexibility index (Phi) is 4.14. The zero-order chi connectivity index (χ0) is 14.0. The molecule has 0 aliphatic heterocycles. The molecule has 0 heterocycles. The number of aryl methyl sites for hydroxylation is 1. The summed E-state index contributed by atoms with van der Waals surface area (Å²) >= 11 is 3.12. The van der Waals surface area contributed by atoms with Gasteiger partial charge in [0.1, 0.15) is 11.6 Å². The predicted octanol–water partition coefficient (Wildman–Crippen LogP) is 5.10. The topological polar surface area (TPSA) is 9.23 Å². The molecule has 100 valence electrons. The quantitative estimate of drug-likeness (QED) is 0.711. The van der Waals surface area contributed by atoms with E-state index in [0.29, 0.717) is 16.5 Å². The lowest BCUT2D eigenvalue weighted by Crippen LogP contribution is -1.96. The van der Waals surface area contributed by atoms with E-state index < -0.39 is 23.2 Å². The predicted molar refractivity (Wildman–Crippen MR) is 70.2 cm³/mol. The van der Waals surface area contributed by atoms with Gasteiger partial charge in [0.05, 0.1) is 0 Å². The monoisotopic (exact) mass is 330 g/mol. The van der Waals surface area contributed by atoms with Gasteiger partial charge in [0.25, 0.3) is 0 Å². The fourth-order valence-electron chi connectivity index (χ4n) is 1.62. The second-order valence-corrected chi connectivity index (χ2v) is 4.59. The molecule has 5 heteroatoms. The SMILES string of the molecule is Cc1cc(F)ccc1Oc1c(F)cc(CBr)cc1F. The maximum atomic E-state index is 13.7. The highest BCUT2D eigenvalue weighted by atomic mass is 79.9. The zero-order valence-electron chi connectivity index (χ0n) is 10.0. The Labute approximate surface area is 117 Å². The Hall–Kier alpha value is -1.49. The maximum Gasteiger partial charge on any atom is 0.198 e. The molecule has 0 N–H and O–H groups in total. The van der Waals surface area contributed by atoms with Crippen LogP contribution in [-0.4, -0.2) is 0 Å². The molecular formula is C14H10BrF3O. The van der Waals surface area contributed by atoms with Gasteiger partial charge in [-0.25, -0.2) is 13.2 Å². The molecule has 0 aromatic heterocycles. The molecule has 0 spiro atoms. The maximum absolute atomic E-state index is 13.7. The van der Waals surface area contributed by atoms with E-state index in [0.717, 1.165) is 0 Å². The number of alkyl halides is 1. The van der Waals surface area contributed by atoms with Crippen LogP contribution in [0.1, 0.15) is 11.1 Å². The summed E-state index contributed by atoms with van der Waals surface area (Å²) in [5.74, 6) is -2.29. The van der Waals surface area contributed by atoms with Crippen molar-refractivity contribution >= 4 is 15.9 Å². The van der Waals surface area contributed by atoms with Crippen LogP contribution in [0, 0.1) is 24.4 Å². The molecule has 19 heavy (non-hydrogen) atoms. The molecule has 2 aromatic rings. The number of rotatable bonds is 3. The summed E-state index contributed by atoms with van der Waals surface area (Å²) in [7, 11) is 0. The van der Waals surface area contributed by atoms with Crippen LogP contribution in [0.25, 0.3) is 0 Å². The highest BCUT2D eigenvalue weighted by molar-refractivity contribution is 9.08. The van der Waals surface area contributed by atoms with Gasteiger partial charge in [-0.2, -0.15) is 0 Å². The molecule has 0 amide bonds. The lowest BCUT2D eigenvalue weighted by atomic mass is 10.2. The number of halogens is 4. The van der Waals surface area contributed by atoms with Crippen LogP contribution >= 0.6 is 15.9 Å². The van der Waals surface area contributed by atoms with Gasteiger partial charge in [0, 0.05) is 5.33 Å². The van der Waals surface area contributed by atoms with E-state index in [1.165, 1.54) is 30.3 Å². The summed E-state index contributed by atoms with van der Waals surface area (Å²) in [6.07, 6.45) is 0. The van der Waals surface area contributed by atoms with Gasteiger partial charge >= 0.3 is 0 Å². The lowest BCUT2D eigenvalue weighted by molar-refractivity contribution is 0.404. The van der Waals surface area contributed by atoms with Crippen LogP contribution in [0.5, 0.6) is 11.5 Å². The minimum Gasteiger partial charge on any atom is -0.451 e. The van der Waals surface area contributed by atoms with E-state index in [1.807, 2.05) is 0 Å². The van der Waals surface area contributed by atoms with Crippen molar-refractivity contribution in [3.05, 3.63) is 58.9 Å². The van der Waals surface area contributed by atoms with Crippen molar-refractivity contribution in [3.8, 4) is 11.5 Å². The Morgan fingerprint density at radius 1 is 1.05 bits per heavy atom. The van der Waals surface area contributed by atoms with Crippen LogP contribution in [-0.2, 0) is 5.33 Å². The fraction of sp³-hybridized carbons (Fsp3) is 0.143. The van der Waals surface area contributed by atoms with E-state index in [-0.39, 0.29) is 5.75 Å². The van der Waals surface area contributed by atoms with Gasteiger partial charge < -0.3 is 4.74 Å². The normalized spacial score (nSPS) is 10.6. The van der Waals surface area contributed by atoms with Gasteiger partial charge in [-0.3, -0.25) is 0 Å². The Balaban J connectivity index is 2.38. The van der Waals surface area contributed by atoms with Crippen molar-refractivity contribution in [2.75, 3.05) is 0 Å². The van der Waals surface area contributed by atoms with Crippen LogP contribution in [0.4, 0.5) is 13.2 Å². The molecule has 0 aliphatic carbocycles. The van der Waals surface area contributed by atoms with Crippen molar-refractivity contribution in [1.82, 2.24) is 0 Å². The summed E-state index contributed by atoms with van der Waals surface area (Å²) in [6, 6.07) is 6.11. The fourth-order valence-corrected chi connectivity index (χ4v) is 1.95. The molecule has 0 aliphatic rings. The van der Waals surface area contributed by atoms with Crippen molar-refractivity contribution in [2.45, 2.75) is 12.3 Å². The smallest absolute Gasteiger partial charge is 0.198 e. The minimum absolute atomic E-state index is 0.214. The number of hydrogen-bond donors (Lipinski definition) is 0. The van der Waals surface area contributed by atoms with Gasteiger partial charge in [-0.15, -0.1) is 0 Å². The second-order valence-electron chi connectivity index (χ2n) is 4.03. The first-order valence-corrected chi connectivity index (χ1v) is 6.61. The number of hydrogen-bond acceptors (Lipinski definition) is 1. The summed E-state index contributed by atoms with van der Waals surface area (Å²) in [6.45, 7) is 1.60. The summed E-state index contributed by atoms with van der Waals surface area (Å²) in [5, 5.41) is 0.344. The summed E-state index contributed by atoms with van der Waals surface area (Å²) in [4.78, 5) is 0. The minimum atomic E-state index is -0.793. The van der Waals surface area contributed by atoms with Crippen LogP contribution < -0.4 is 4.74 Å². The molecule has 0 atom stereocenters. The molecular weight excluding hydrogens is 321 g/mol. The third kappa shape index (κ3) is 3.10. The van der Waals surface area contributed by atoms with Crippen LogP contribution in [0.3, 0.4) is 0 Å². The highest BCUT2D eigenvalue weighted by Gasteiger charge is 2.14. The first-order chi connectivity index (χ1) is 9.01. The van der Waals surface area contributed by atoms with E-state index in [1.54, 1.807) is 6.92 Å². The molecule has 2 rings (SSSR count). The van der Waals surface area contributed by atoms with Crippen LogP contribution in [0.2, 0.25) is 0 Å². The van der Waals surface area contributed by atoms with Gasteiger partial charge in [0.2, 0.25) is 0 Å². The molecule has 0 bridgehead atoms. The van der Waals surface area contributed by atoms with Crippen LogP contribution in [0.15, 0.2) is 30.3 Å². The largest absolute Gasteiger partial charge is 0.451 e. The Morgan fingerprint density at radius 2 is 1.68 bits per heavy atom. The molecule has 2 aromatic carbocycles. The van der Waals surface area contributed by atoms with Gasteiger partial charge in [0.15, 0.2) is 17.4 Å². The molecule has 0 unspecified atom stereocenters. The Bertz CT molecular complexity index is 591. The van der Waals surface area contributed by atoms with Crippen molar-refractivity contribution in [3.63, 3.8) is 0 Å². The van der Waals surface area contributed by atoms with Crippen molar-refractivity contribution in [2.24, 2.45) is 0 Å². The standard InChI is InChI=1S/C14H10BrF3O/c1-8-4-10(16)2-3-13(8)19-14-11(17)5-9(7-15)6-12(14)18/h2-6H,7H2,1H3. The summed E-state index contributed by atoms with van der Waals surface area (Å²) < 4.78 is 45.6. The van der Waals surface area contributed by atoms with Gasteiger partial charge in [-0.1, -0.05) is 15.9 Å². The molecule has 0 radical (unpaired) electrons. The molecule has 0 saturated carbocycles. The highest BCUT2D eigenvalue weighted by Crippen LogP contribution is 2.31. The van der Waals surface area contributed by atoms with E-state index in [4.69, 9.17) is 4.74 Å². The molecule has 0 fully saturated rings. The molecule has 1 nitrogen and oxygen atoms in total. The van der Waals surface area contributed by atoms with E-state index in [9.17, 15) is 13.2 Å².